The molecule has 2 aromatic carbocycles. The van der Waals surface area contributed by atoms with Crippen LogP contribution in [0.15, 0.2) is 54.6 Å². The highest BCUT2D eigenvalue weighted by atomic mass is 19.1. The molecule has 27 heavy (non-hydrogen) atoms. The van der Waals surface area contributed by atoms with Crippen molar-refractivity contribution in [2.45, 2.75) is 12.5 Å². The van der Waals surface area contributed by atoms with Crippen molar-refractivity contribution in [2.75, 3.05) is 26.2 Å². The Hall–Kier alpha value is -2.77. The van der Waals surface area contributed by atoms with Gasteiger partial charge in [-0.15, -0.1) is 0 Å². The summed E-state index contributed by atoms with van der Waals surface area (Å²) in [5.41, 5.74) is 3.30. The predicted octanol–water partition coefficient (Wildman–Crippen LogP) is 1.76. The molecule has 1 fully saturated rings. The molecule has 2 amide bonds. The Morgan fingerprint density at radius 2 is 1.63 bits per heavy atom. The molecule has 1 saturated heterocycles. The molecule has 0 aliphatic carbocycles. The van der Waals surface area contributed by atoms with E-state index in [-0.39, 0.29) is 18.1 Å². The number of nitrogens with zero attached hydrogens (tertiary/aromatic N) is 2. The molecule has 0 saturated carbocycles. The summed E-state index contributed by atoms with van der Waals surface area (Å²) in [5, 5.41) is 9.10. The first-order chi connectivity index (χ1) is 13.1. The molecule has 2 aromatic rings. The monoisotopic (exact) mass is 371 g/mol. The topological polar surface area (TPSA) is 72.9 Å². The molecule has 0 bridgehead atoms. The van der Waals surface area contributed by atoms with Crippen LogP contribution in [0.1, 0.15) is 17.2 Å². The van der Waals surface area contributed by atoms with Gasteiger partial charge >= 0.3 is 0 Å². The Labute approximate surface area is 157 Å². The van der Waals surface area contributed by atoms with Crippen molar-refractivity contribution in [2.24, 2.45) is 0 Å². The van der Waals surface area contributed by atoms with Crippen molar-refractivity contribution < 1.29 is 19.2 Å². The van der Waals surface area contributed by atoms with Gasteiger partial charge in [0.1, 0.15) is 11.9 Å². The summed E-state index contributed by atoms with van der Waals surface area (Å²) in [7, 11) is 0. The van der Waals surface area contributed by atoms with E-state index in [2.05, 4.69) is 0 Å². The number of hydrogen-bond acceptors (Lipinski definition) is 4. The van der Waals surface area contributed by atoms with Gasteiger partial charge in [0.25, 0.3) is 5.91 Å². The zero-order chi connectivity index (χ0) is 19.2. The predicted molar refractivity (Wildman–Crippen MR) is 97.4 cm³/mol. The molecule has 142 valence electrons. The fourth-order valence-electron chi connectivity index (χ4n) is 3.34. The number of piperazine rings is 1. The largest absolute Gasteiger partial charge is 0.340 e. The lowest BCUT2D eigenvalue weighted by atomic mass is 10.0. The minimum Gasteiger partial charge on any atom is -0.340 e. The van der Waals surface area contributed by atoms with Crippen LogP contribution >= 0.6 is 0 Å². The molecule has 1 heterocycles. The zero-order valence-corrected chi connectivity index (χ0v) is 14.8. The highest BCUT2D eigenvalue weighted by Crippen LogP contribution is 2.22. The fraction of sp³-hybridized carbons (Fsp3) is 0.300. The van der Waals surface area contributed by atoms with E-state index in [0.717, 1.165) is 11.1 Å². The third-order valence-corrected chi connectivity index (χ3v) is 4.77. The molecule has 1 unspecified atom stereocenters. The molecule has 3 rings (SSSR count). The fourth-order valence-corrected chi connectivity index (χ4v) is 3.34. The average molecular weight is 371 g/mol. The minimum absolute atomic E-state index is 0.0240. The van der Waals surface area contributed by atoms with E-state index in [0.29, 0.717) is 26.2 Å². The molecule has 2 N–H and O–H groups in total. The maximum Gasteiger partial charge on any atom is 0.265 e. The number of hydroxylamine groups is 1. The third kappa shape index (κ3) is 4.69. The van der Waals surface area contributed by atoms with Crippen molar-refractivity contribution in [3.8, 4) is 0 Å². The number of nitrogens with one attached hydrogen (secondary N) is 1. The maximum atomic E-state index is 13.0. The van der Waals surface area contributed by atoms with Crippen LogP contribution in [-0.2, 0) is 16.0 Å². The molecule has 7 heteroatoms. The van der Waals surface area contributed by atoms with Gasteiger partial charge in [-0.1, -0.05) is 42.5 Å². The van der Waals surface area contributed by atoms with Gasteiger partial charge in [-0.25, -0.2) is 9.87 Å². The molecular weight excluding hydrogens is 349 g/mol. The first kappa shape index (κ1) is 19.0. The molecule has 1 aliphatic heterocycles. The first-order valence-electron chi connectivity index (χ1n) is 8.83. The van der Waals surface area contributed by atoms with Crippen LogP contribution in [0.3, 0.4) is 0 Å². The van der Waals surface area contributed by atoms with Gasteiger partial charge in [0.15, 0.2) is 0 Å². The van der Waals surface area contributed by atoms with Crippen molar-refractivity contribution in [1.29, 1.82) is 0 Å². The smallest absolute Gasteiger partial charge is 0.265 e. The van der Waals surface area contributed by atoms with E-state index in [4.69, 9.17) is 5.21 Å². The van der Waals surface area contributed by atoms with Crippen LogP contribution < -0.4 is 5.48 Å². The quantitative estimate of drug-likeness (QED) is 0.621. The van der Waals surface area contributed by atoms with E-state index in [1.807, 2.05) is 35.2 Å². The second kappa shape index (κ2) is 8.75. The number of carbonyl (C=O) groups excluding carboxylic acids is 2. The van der Waals surface area contributed by atoms with E-state index in [1.54, 1.807) is 22.5 Å². The lowest BCUT2D eigenvalue weighted by Crippen LogP contribution is -2.52. The number of amides is 2. The van der Waals surface area contributed by atoms with Crippen molar-refractivity contribution in [1.82, 2.24) is 15.3 Å². The van der Waals surface area contributed by atoms with Gasteiger partial charge in [-0.2, -0.15) is 0 Å². The Morgan fingerprint density at radius 1 is 1.00 bits per heavy atom. The van der Waals surface area contributed by atoms with Crippen LogP contribution in [0, 0.1) is 5.82 Å². The number of benzene rings is 2. The Morgan fingerprint density at radius 3 is 2.22 bits per heavy atom. The lowest BCUT2D eigenvalue weighted by molar-refractivity contribution is -0.137. The van der Waals surface area contributed by atoms with E-state index < -0.39 is 11.9 Å². The molecule has 6 nitrogen and oxygen atoms in total. The SMILES string of the molecule is O=C(NO)C(c1ccccc1)N1CCN(C(=O)Cc2ccc(F)cc2)CC1. The summed E-state index contributed by atoms with van der Waals surface area (Å²) in [6.07, 6.45) is 0.222. The summed E-state index contributed by atoms with van der Waals surface area (Å²) >= 11 is 0. The third-order valence-electron chi connectivity index (χ3n) is 4.77. The first-order valence-corrected chi connectivity index (χ1v) is 8.83. The maximum absolute atomic E-state index is 13.0. The van der Waals surface area contributed by atoms with E-state index in [9.17, 15) is 14.0 Å². The summed E-state index contributed by atoms with van der Waals surface area (Å²) in [4.78, 5) is 28.4. The second-order valence-electron chi connectivity index (χ2n) is 6.51. The van der Waals surface area contributed by atoms with Gasteiger partial charge in [-0.05, 0) is 23.3 Å². The number of hydrogen-bond donors (Lipinski definition) is 2. The van der Waals surface area contributed by atoms with Crippen LogP contribution in [0.2, 0.25) is 0 Å². The van der Waals surface area contributed by atoms with Crippen LogP contribution in [0.5, 0.6) is 0 Å². The highest BCUT2D eigenvalue weighted by molar-refractivity contribution is 5.82. The van der Waals surface area contributed by atoms with Crippen LogP contribution in [0.25, 0.3) is 0 Å². The van der Waals surface area contributed by atoms with Crippen LogP contribution in [-0.4, -0.2) is 53.0 Å². The van der Waals surface area contributed by atoms with E-state index in [1.165, 1.54) is 12.1 Å². The Kier molecular flexibility index (Phi) is 6.16. The van der Waals surface area contributed by atoms with Gasteiger partial charge in [-0.3, -0.25) is 19.7 Å². The van der Waals surface area contributed by atoms with Crippen molar-refractivity contribution in [3.05, 3.63) is 71.5 Å². The highest BCUT2D eigenvalue weighted by Gasteiger charge is 2.31. The molecule has 0 aromatic heterocycles. The van der Waals surface area contributed by atoms with E-state index >= 15 is 0 Å². The number of carbonyl (C=O) groups is 2. The lowest BCUT2D eigenvalue weighted by Gasteiger charge is -2.38. The minimum atomic E-state index is -0.606. The Bertz CT molecular complexity index is 775. The summed E-state index contributed by atoms with van der Waals surface area (Å²) in [5.74, 6) is -0.842. The van der Waals surface area contributed by atoms with Gasteiger partial charge < -0.3 is 4.90 Å². The Balaban J connectivity index is 1.62. The molecule has 1 aliphatic rings. The zero-order valence-electron chi connectivity index (χ0n) is 14.8. The van der Waals surface area contributed by atoms with Gasteiger partial charge in [0.2, 0.25) is 5.91 Å². The standard InChI is InChI=1S/C20H22FN3O3/c21-17-8-6-15(7-9-17)14-18(25)23-10-12-24(13-11-23)19(20(26)22-27)16-4-2-1-3-5-16/h1-9,19,27H,10-14H2,(H,22,26). The van der Waals surface area contributed by atoms with Crippen molar-refractivity contribution in [3.63, 3.8) is 0 Å². The number of halogens is 1. The average Bonchev–Trinajstić information content (AvgIpc) is 2.71. The van der Waals surface area contributed by atoms with Crippen molar-refractivity contribution >= 4 is 11.8 Å². The molecule has 0 radical (unpaired) electrons. The summed E-state index contributed by atoms with van der Waals surface area (Å²) < 4.78 is 13.0. The normalized spacial score (nSPS) is 16.0. The molecule has 1 atom stereocenters. The van der Waals surface area contributed by atoms with Gasteiger partial charge in [0, 0.05) is 26.2 Å². The summed E-state index contributed by atoms with van der Waals surface area (Å²) in [6, 6.07) is 14.5. The molecular formula is C20H22FN3O3. The molecule has 0 spiro atoms. The summed E-state index contributed by atoms with van der Waals surface area (Å²) in [6.45, 7) is 2.01. The van der Waals surface area contributed by atoms with Gasteiger partial charge in [0.05, 0.1) is 6.42 Å². The van der Waals surface area contributed by atoms with Crippen LogP contribution in [0.4, 0.5) is 4.39 Å². The second-order valence-corrected chi connectivity index (χ2v) is 6.51. The number of rotatable bonds is 5.